The molecule has 0 saturated carbocycles. The lowest BCUT2D eigenvalue weighted by Crippen LogP contribution is -2.28. The van der Waals surface area contributed by atoms with Crippen LogP contribution in [0.25, 0.3) is 0 Å². The highest BCUT2D eigenvalue weighted by Gasteiger charge is 2.14. The maximum absolute atomic E-state index is 11.7. The number of rotatable bonds is 5. The van der Waals surface area contributed by atoms with Gasteiger partial charge in [0, 0.05) is 13.7 Å². The largest absolute Gasteiger partial charge is 0.380 e. The van der Waals surface area contributed by atoms with Crippen molar-refractivity contribution < 1.29 is 9.53 Å². The molecule has 0 aromatic heterocycles. The van der Waals surface area contributed by atoms with E-state index in [4.69, 9.17) is 33.7 Å². The van der Waals surface area contributed by atoms with Crippen LogP contribution in [-0.4, -0.2) is 25.7 Å². The molecule has 1 amide bonds. The number of carbonyl (C=O) groups excluding carboxylic acids is 1. The number of halogens is 2. The van der Waals surface area contributed by atoms with E-state index in [0.717, 1.165) is 0 Å². The second-order valence-electron chi connectivity index (χ2n) is 3.44. The summed E-state index contributed by atoms with van der Waals surface area (Å²) in [6.07, 6.45) is -0.148. The zero-order valence-corrected chi connectivity index (χ0v) is 10.9. The van der Waals surface area contributed by atoms with Gasteiger partial charge in [-0.1, -0.05) is 29.3 Å². The Morgan fingerprint density at radius 1 is 1.47 bits per heavy atom. The van der Waals surface area contributed by atoms with E-state index in [1.165, 1.54) is 7.11 Å². The van der Waals surface area contributed by atoms with Gasteiger partial charge in [-0.05, 0) is 12.1 Å². The fraction of sp³-hybridized carbons (Fsp3) is 0.364. The van der Waals surface area contributed by atoms with Crippen molar-refractivity contribution in [2.75, 3.05) is 19.0 Å². The summed E-state index contributed by atoms with van der Waals surface area (Å²) in [5, 5.41) is 3.43. The molecular formula is C11H14Cl2N2O2. The maximum Gasteiger partial charge on any atom is 0.227 e. The molecule has 1 unspecified atom stereocenters. The zero-order valence-electron chi connectivity index (χ0n) is 9.37. The number of para-hydroxylation sites is 1. The molecule has 0 spiro atoms. The van der Waals surface area contributed by atoms with Crippen LogP contribution in [0.4, 0.5) is 5.69 Å². The number of amides is 1. The predicted octanol–water partition coefficient (Wildman–Crippen LogP) is 2.30. The van der Waals surface area contributed by atoms with Crippen LogP contribution in [0.5, 0.6) is 0 Å². The standard InChI is InChI=1S/C11H14Cl2N2O2/c1-17-7(6-14)5-10(16)15-11-8(12)3-2-4-9(11)13/h2-4,7H,5-6,14H2,1H3,(H,15,16). The lowest BCUT2D eigenvalue weighted by Gasteiger charge is -2.13. The minimum absolute atomic E-state index is 0.161. The van der Waals surface area contributed by atoms with Crippen LogP contribution < -0.4 is 11.1 Å². The third kappa shape index (κ3) is 4.16. The number of methoxy groups -OCH3 is 1. The number of hydrogen-bond donors (Lipinski definition) is 2. The Bertz CT molecular complexity index is 375. The van der Waals surface area contributed by atoms with Gasteiger partial charge in [0.1, 0.15) is 0 Å². The van der Waals surface area contributed by atoms with Gasteiger partial charge >= 0.3 is 0 Å². The van der Waals surface area contributed by atoms with E-state index < -0.39 is 0 Å². The van der Waals surface area contributed by atoms with E-state index in [-0.39, 0.29) is 25.0 Å². The summed E-state index contributed by atoms with van der Waals surface area (Å²) >= 11 is 11.8. The quantitative estimate of drug-likeness (QED) is 0.868. The van der Waals surface area contributed by atoms with E-state index >= 15 is 0 Å². The van der Waals surface area contributed by atoms with Gasteiger partial charge in [0.15, 0.2) is 0 Å². The van der Waals surface area contributed by atoms with E-state index in [0.29, 0.717) is 15.7 Å². The molecule has 0 fully saturated rings. The minimum Gasteiger partial charge on any atom is -0.380 e. The van der Waals surface area contributed by atoms with Gasteiger partial charge in [0.05, 0.1) is 28.3 Å². The lowest BCUT2D eigenvalue weighted by atomic mass is 10.2. The molecule has 0 aliphatic heterocycles. The van der Waals surface area contributed by atoms with Gasteiger partial charge in [-0.2, -0.15) is 0 Å². The van der Waals surface area contributed by atoms with Crippen LogP contribution in [0.15, 0.2) is 18.2 Å². The molecule has 17 heavy (non-hydrogen) atoms. The SMILES string of the molecule is COC(CN)CC(=O)Nc1c(Cl)cccc1Cl. The number of anilines is 1. The molecule has 1 aromatic rings. The Hall–Kier alpha value is -0.810. The number of ether oxygens (including phenoxy) is 1. The van der Waals surface area contributed by atoms with E-state index in [2.05, 4.69) is 5.32 Å². The molecule has 4 nitrogen and oxygen atoms in total. The molecule has 0 heterocycles. The highest BCUT2D eigenvalue weighted by molar-refractivity contribution is 6.39. The van der Waals surface area contributed by atoms with Crippen molar-refractivity contribution in [3.05, 3.63) is 28.2 Å². The molecule has 0 radical (unpaired) electrons. The van der Waals surface area contributed by atoms with Crippen molar-refractivity contribution in [1.29, 1.82) is 0 Å². The van der Waals surface area contributed by atoms with Gasteiger partial charge in [0.2, 0.25) is 5.91 Å². The second-order valence-corrected chi connectivity index (χ2v) is 4.26. The third-order valence-electron chi connectivity index (χ3n) is 2.24. The monoisotopic (exact) mass is 276 g/mol. The molecule has 6 heteroatoms. The van der Waals surface area contributed by atoms with Crippen LogP contribution in [-0.2, 0) is 9.53 Å². The molecule has 0 aliphatic carbocycles. The Balaban J connectivity index is 2.68. The van der Waals surface area contributed by atoms with Crippen molar-refractivity contribution >= 4 is 34.8 Å². The zero-order chi connectivity index (χ0) is 12.8. The Kier molecular flexibility index (Phi) is 5.71. The summed E-state index contributed by atoms with van der Waals surface area (Å²) in [5.74, 6) is -0.239. The smallest absolute Gasteiger partial charge is 0.227 e. The van der Waals surface area contributed by atoms with Gasteiger partial charge < -0.3 is 15.8 Å². The van der Waals surface area contributed by atoms with Crippen LogP contribution in [0.3, 0.4) is 0 Å². The number of benzene rings is 1. The molecule has 0 saturated heterocycles. The first kappa shape index (κ1) is 14.3. The van der Waals surface area contributed by atoms with Crippen molar-refractivity contribution in [2.24, 2.45) is 5.73 Å². The highest BCUT2D eigenvalue weighted by Crippen LogP contribution is 2.29. The highest BCUT2D eigenvalue weighted by atomic mass is 35.5. The van der Waals surface area contributed by atoms with Crippen molar-refractivity contribution in [3.8, 4) is 0 Å². The molecule has 94 valence electrons. The van der Waals surface area contributed by atoms with Gasteiger partial charge in [0.25, 0.3) is 0 Å². The van der Waals surface area contributed by atoms with E-state index in [1.807, 2.05) is 0 Å². The predicted molar refractivity (Wildman–Crippen MR) is 69.6 cm³/mol. The first-order valence-corrected chi connectivity index (χ1v) is 5.80. The van der Waals surface area contributed by atoms with Gasteiger partial charge in [-0.15, -0.1) is 0 Å². The summed E-state index contributed by atoms with van der Waals surface area (Å²) in [7, 11) is 1.51. The molecule has 0 bridgehead atoms. The van der Waals surface area contributed by atoms with Crippen LogP contribution in [0, 0.1) is 0 Å². The molecule has 0 aliphatic rings. The van der Waals surface area contributed by atoms with Crippen LogP contribution in [0.1, 0.15) is 6.42 Å². The third-order valence-corrected chi connectivity index (χ3v) is 2.87. The van der Waals surface area contributed by atoms with Crippen LogP contribution in [0.2, 0.25) is 10.0 Å². The molecular weight excluding hydrogens is 263 g/mol. The average Bonchev–Trinajstić information content (AvgIpc) is 2.31. The summed E-state index contributed by atoms with van der Waals surface area (Å²) in [4.78, 5) is 11.7. The first-order valence-electron chi connectivity index (χ1n) is 5.05. The lowest BCUT2D eigenvalue weighted by molar-refractivity contribution is -0.118. The number of nitrogens with two attached hydrogens (primary N) is 1. The fourth-order valence-corrected chi connectivity index (χ4v) is 1.77. The number of nitrogens with one attached hydrogen (secondary N) is 1. The van der Waals surface area contributed by atoms with E-state index in [9.17, 15) is 4.79 Å². The fourth-order valence-electron chi connectivity index (χ4n) is 1.28. The van der Waals surface area contributed by atoms with Crippen LogP contribution >= 0.6 is 23.2 Å². The Morgan fingerprint density at radius 3 is 2.53 bits per heavy atom. The summed E-state index contributed by atoms with van der Waals surface area (Å²) < 4.78 is 5.02. The topological polar surface area (TPSA) is 64.3 Å². The Morgan fingerprint density at radius 2 is 2.06 bits per heavy atom. The van der Waals surface area contributed by atoms with E-state index in [1.54, 1.807) is 18.2 Å². The normalized spacial score (nSPS) is 12.2. The van der Waals surface area contributed by atoms with Crippen molar-refractivity contribution in [2.45, 2.75) is 12.5 Å². The average molecular weight is 277 g/mol. The second kappa shape index (κ2) is 6.81. The molecule has 1 atom stereocenters. The molecule has 1 rings (SSSR count). The summed E-state index contributed by atoms with van der Waals surface area (Å²) in [5.41, 5.74) is 5.84. The number of hydrogen-bond acceptors (Lipinski definition) is 3. The Labute approximate surface area is 110 Å². The molecule has 1 aromatic carbocycles. The van der Waals surface area contributed by atoms with Crippen molar-refractivity contribution in [1.82, 2.24) is 0 Å². The number of carbonyl (C=O) groups is 1. The van der Waals surface area contributed by atoms with Gasteiger partial charge in [-0.25, -0.2) is 0 Å². The first-order chi connectivity index (χ1) is 8.08. The molecule has 3 N–H and O–H groups in total. The maximum atomic E-state index is 11.7. The van der Waals surface area contributed by atoms with Crippen molar-refractivity contribution in [3.63, 3.8) is 0 Å². The minimum atomic E-state index is -0.309. The van der Waals surface area contributed by atoms with Gasteiger partial charge in [-0.3, -0.25) is 4.79 Å². The summed E-state index contributed by atoms with van der Waals surface area (Å²) in [6.45, 7) is 0.278. The summed E-state index contributed by atoms with van der Waals surface area (Å²) in [6, 6.07) is 5.01.